The molecular formula is C17H17FO. The van der Waals surface area contributed by atoms with Crippen LogP contribution in [0.1, 0.15) is 16.7 Å². The minimum atomic E-state index is -0.408. The van der Waals surface area contributed by atoms with Gasteiger partial charge in [-0.1, -0.05) is 36.4 Å². The third kappa shape index (κ3) is 2.69. The van der Waals surface area contributed by atoms with Crippen molar-refractivity contribution in [3.8, 4) is 0 Å². The Hall–Kier alpha value is -1.67. The number of hydrogen-bond acceptors (Lipinski definition) is 1. The van der Waals surface area contributed by atoms with Crippen molar-refractivity contribution in [3.63, 3.8) is 0 Å². The Morgan fingerprint density at radius 3 is 2.37 bits per heavy atom. The monoisotopic (exact) mass is 256 g/mol. The minimum Gasteiger partial charge on any atom is -0.392 e. The molecule has 0 amide bonds. The molecule has 3 rings (SSSR count). The van der Waals surface area contributed by atoms with E-state index in [1.54, 1.807) is 6.07 Å². The second-order valence-electron chi connectivity index (χ2n) is 5.34. The molecule has 0 heterocycles. The maximum atomic E-state index is 13.1. The first-order valence-electron chi connectivity index (χ1n) is 6.71. The van der Waals surface area contributed by atoms with Gasteiger partial charge in [-0.15, -0.1) is 0 Å². The van der Waals surface area contributed by atoms with Crippen LogP contribution in [0.2, 0.25) is 0 Å². The van der Waals surface area contributed by atoms with Gasteiger partial charge in [0.1, 0.15) is 5.82 Å². The zero-order valence-corrected chi connectivity index (χ0v) is 10.7. The third-order valence-electron chi connectivity index (χ3n) is 3.96. The van der Waals surface area contributed by atoms with E-state index in [0.29, 0.717) is 6.42 Å². The van der Waals surface area contributed by atoms with Crippen molar-refractivity contribution in [3.05, 3.63) is 71.0 Å². The van der Waals surface area contributed by atoms with Crippen LogP contribution in [-0.2, 0) is 19.3 Å². The van der Waals surface area contributed by atoms with Crippen LogP contribution < -0.4 is 0 Å². The van der Waals surface area contributed by atoms with Gasteiger partial charge in [0.2, 0.25) is 0 Å². The first-order valence-corrected chi connectivity index (χ1v) is 6.71. The maximum absolute atomic E-state index is 13.1. The third-order valence-corrected chi connectivity index (χ3v) is 3.96. The van der Waals surface area contributed by atoms with E-state index in [1.165, 1.54) is 23.3 Å². The molecule has 0 radical (unpaired) electrons. The highest BCUT2D eigenvalue weighted by atomic mass is 19.1. The number of rotatable bonds is 3. The van der Waals surface area contributed by atoms with E-state index in [-0.39, 0.29) is 11.7 Å². The van der Waals surface area contributed by atoms with Crippen LogP contribution in [-0.4, -0.2) is 11.2 Å². The van der Waals surface area contributed by atoms with Crippen LogP contribution in [0.3, 0.4) is 0 Å². The van der Waals surface area contributed by atoms with E-state index >= 15 is 0 Å². The van der Waals surface area contributed by atoms with Gasteiger partial charge in [-0.05, 0) is 54.0 Å². The molecule has 98 valence electrons. The normalized spacial score (nSPS) is 16.3. The summed E-state index contributed by atoms with van der Waals surface area (Å²) in [5.74, 6) is 0.0140. The van der Waals surface area contributed by atoms with Crippen LogP contribution in [0.5, 0.6) is 0 Å². The topological polar surface area (TPSA) is 20.2 Å². The Labute approximate surface area is 112 Å². The highest BCUT2D eigenvalue weighted by Crippen LogP contribution is 2.29. The number of aliphatic hydroxyl groups excluding tert-OH is 1. The van der Waals surface area contributed by atoms with Gasteiger partial charge in [0, 0.05) is 0 Å². The number of aliphatic hydroxyl groups is 1. The van der Waals surface area contributed by atoms with Crippen LogP contribution in [0.15, 0.2) is 48.5 Å². The summed E-state index contributed by atoms with van der Waals surface area (Å²) in [5, 5.41) is 10.3. The van der Waals surface area contributed by atoms with E-state index < -0.39 is 6.10 Å². The van der Waals surface area contributed by atoms with E-state index in [2.05, 4.69) is 12.1 Å². The van der Waals surface area contributed by atoms with Crippen molar-refractivity contribution < 1.29 is 9.50 Å². The first-order chi connectivity index (χ1) is 9.22. The Kier molecular flexibility index (Phi) is 3.34. The SMILES string of the molecule is OC(Cc1cccc(F)c1)C1Cc2ccccc2C1. The summed E-state index contributed by atoms with van der Waals surface area (Å²) in [4.78, 5) is 0. The quantitative estimate of drug-likeness (QED) is 0.894. The smallest absolute Gasteiger partial charge is 0.123 e. The number of hydrogen-bond donors (Lipinski definition) is 1. The average Bonchev–Trinajstić information content (AvgIpc) is 2.82. The number of benzene rings is 2. The minimum absolute atomic E-state index is 0.237. The number of fused-ring (bicyclic) bond motifs is 1. The standard InChI is InChI=1S/C17H17FO/c18-16-7-3-4-12(8-16)9-17(19)15-10-13-5-1-2-6-14(13)11-15/h1-8,15,17,19H,9-11H2. The Balaban J connectivity index is 1.68. The lowest BCUT2D eigenvalue weighted by Crippen LogP contribution is -2.23. The van der Waals surface area contributed by atoms with E-state index in [0.717, 1.165) is 18.4 Å². The summed E-state index contributed by atoms with van der Waals surface area (Å²) >= 11 is 0. The Bertz CT molecular complexity index is 554. The second kappa shape index (κ2) is 5.14. The van der Waals surface area contributed by atoms with Gasteiger partial charge >= 0.3 is 0 Å². The van der Waals surface area contributed by atoms with Crippen molar-refractivity contribution >= 4 is 0 Å². The molecule has 0 aliphatic heterocycles. The zero-order valence-electron chi connectivity index (χ0n) is 10.7. The molecule has 0 spiro atoms. The van der Waals surface area contributed by atoms with Crippen LogP contribution in [0.25, 0.3) is 0 Å². The molecular weight excluding hydrogens is 239 g/mol. The Morgan fingerprint density at radius 1 is 1.05 bits per heavy atom. The largest absolute Gasteiger partial charge is 0.392 e. The fourth-order valence-electron chi connectivity index (χ4n) is 2.94. The van der Waals surface area contributed by atoms with Gasteiger partial charge in [0.25, 0.3) is 0 Å². The summed E-state index contributed by atoms with van der Waals surface area (Å²) < 4.78 is 13.1. The van der Waals surface area contributed by atoms with Gasteiger partial charge in [0.15, 0.2) is 0 Å². The molecule has 1 unspecified atom stereocenters. The van der Waals surface area contributed by atoms with Gasteiger partial charge in [-0.25, -0.2) is 4.39 Å². The molecule has 1 atom stereocenters. The summed E-state index contributed by atoms with van der Waals surface area (Å²) in [7, 11) is 0. The summed E-state index contributed by atoms with van der Waals surface area (Å²) in [5.41, 5.74) is 3.54. The molecule has 0 saturated heterocycles. The first kappa shape index (κ1) is 12.4. The summed E-state index contributed by atoms with van der Waals surface area (Å²) in [6, 6.07) is 14.8. The van der Waals surface area contributed by atoms with E-state index in [4.69, 9.17) is 0 Å². The van der Waals surface area contributed by atoms with Crippen LogP contribution in [0, 0.1) is 11.7 Å². The zero-order chi connectivity index (χ0) is 13.2. The summed E-state index contributed by atoms with van der Waals surface area (Å²) in [6.07, 6.45) is 1.96. The Morgan fingerprint density at radius 2 is 1.74 bits per heavy atom. The highest BCUT2D eigenvalue weighted by Gasteiger charge is 2.27. The molecule has 1 aliphatic rings. The van der Waals surface area contributed by atoms with Crippen LogP contribution >= 0.6 is 0 Å². The predicted molar refractivity (Wildman–Crippen MR) is 73.5 cm³/mol. The summed E-state index contributed by atoms with van der Waals surface area (Å²) in [6.45, 7) is 0. The molecule has 2 heteroatoms. The lowest BCUT2D eigenvalue weighted by Gasteiger charge is -2.17. The van der Waals surface area contributed by atoms with Crippen LogP contribution in [0.4, 0.5) is 4.39 Å². The van der Waals surface area contributed by atoms with Gasteiger partial charge in [0.05, 0.1) is 6.10 Å². The molecule has 0 bridgehead atoms. The lowest BCUT2D eigenvalue weighted by atomic mass is 9.93. The highest BCUT2D eigenvalue weighted by molar-refractivity contribution is 5.32. The lowest BCUT2D eigenvalue weighted by molar-refractivity contribution is 0.112. The van der Waals surface area contributed by atoms with Crippen molar-refractivity contribution in [2.75, 3.05) is 0 Å². The molecule has 2 aromatic rings. The van der Waals surface area contributed by atoms with Gasteiger partial charge < -0.3 is 5.11 Å². The maximum Gasteiger partial charge on any atom is 0.123 e. The average molecular weight is 256 g/mol. The number of halogens is 1. The molecule has 0 fully saturated rings. The molecule has 2 aromatic carbocycles. The van der Waals surface area contributed by atoms with Gasteiger partial charge in [-0.3, -0.25) is 0 Å². The predicted octanol–water partition coefficient (Wildman–Crippen LogP) is 3.14. The van der Waals surface area contributed by atoms with Crippen molar-refractivity contribution in [2.45, 2.75) is 25.4 Å². The fraction of sp³-hybridized carbons (Fsp3) is 0.294. The molecule has 0 aromatic heterocycles. The molecule has 0 saturated carbocycles. The van der Waals surface area contributed by atoms with Gasteiger partial charge in [-0.2, -0.15) is 0 Å². The fourth-order valence-corrected chi connectivity index (χ4v) is 2.94. The van der Waals surface area contributed by atoms with E-state index in [9.17, 15) is 9.50 Å². The molecule has 1 N–H and O–H groups in total. The van der Waals surface area contributed by atoms with Crippen molar-refractivity contribution in [1.82, 2.24) is 0 Å². The van der Waals surface area contributed by atoms with Crippen molar-refractivity contribution in [2.24, 2.45) is 5.92 Å². The molecule has 1 aliphatic carbocycles. The van der Waals surface area contributed by atoms with Crippen molar-refractivity contribution in [1.29, 1.82) is 0 Å². The molecule has 19 heavy (non-hydrogen) atoms. The van der Waals surface area contributed by atoms with E-state index in [1.807, 2.05) is 18.2 Å². The second-order valence-corrected chi connectivity index (χ2v) is 5.34. The molecule has 1 nitrogen and oxygen atoms in total.